The lowest BCUT2D eigenvalue weighted by Crippen LogP contribution is -2.30. The Morgan fingerprint density at radius 1 is 0.935 bits per heavy atom. The molecule has 1 unspecified atom stereocenters. The average molecular weight is 732 g/mol. The molecule has 0 aliphatic rings. The van der Waals surface area contributed by atoms with Crippen LogP contribution < -0.4 is 16.0 Å². The maximum Gasteiger partial charge on any atom is 0.272 e. The first kappa shape index (κ1) is 33.2. The molecule has 1 heterocycles. The predicted molar refractivity (Wildman–Crippen MR) is 192 cm³/mol. The highest BCUT2D eigenvalue weighted by Crippen LogP contribution is 2.30. The van der Waals surface area contributed by atoms with Crippen LogP contribution in [-0.4, -0.2) is 28.0 Å². The van der Waals surface area contributed by atoms with Crippen molar-refractivity contribution in [2.75, 3.05) is 10.6 Å². The summed E-state index contributed by atoms with van der Waals surface area (Å²) in [5, 5.41) is 11.2. The largest absolute Gasteiger partial charge is 0.321 e. The molecule has 0 fully saturated rings. The topological polar surface area (TPSA) is 100 Å². The second kappa shape index (κ2) is 15.9. The lowest BCUT2D eigenvalue weighted by Gasteiger charge is -2.15. The maximum absolute atomic E-state index is 13.5. The van der Waals surface area contributed by atoms with Gasteiger partial charge >= 0.3 is 0 Å². The van der Waals surface area contributed by atoms with Crippen LogP contribution in [0.4, 0.5) is 10.8 Å². The van der Waals surface area contributed by atoms with Crippen LogP contribution in [0.2, 0.25) is 5.02 Å². The lowest BCUT2D eigenvalue weighted by atomic mass is 10.1. The average Bonchev–Trinajstić information content (AvgIpc) is 3.53. The van der Waals surface area contributed by atoms with Gasteiger partial charge in [0.2, 0.25) is 5.91 Å². The van der Waals surface area contributed by atoms with Crippen molar-refractivity contribution in [1.29, 1.82) is 0 Å². The molecule has 1 atom stereocenters. The van der Waals surface area contributed by atoms with Crippen molar-refractivity contribution < 1.29 is 14.4 Å². The van der Waals surface area contributed by atoms with E-state index in [1.807, 2.05) is 48.7 Å². The molecule has 232 valence electrons. The Labute approximate surface area is 288 Å². The second-order valence-corrected chi connectivity index (χ2v) is 13.4. The number of hydrogen-bond acceptors (Lipinski definition) is 6. The molecule has 4 aromatic carbocycles. The van der Waals surface area contributed by atoms with Crippen LogP contribution in [-0.2, 0) is 9.59 Å². The van der Waals surface area contributed by atoms with Crippen LogP contribution in [0.3, 0.4) is 0 Å². The minimum atomic E-state index is -0.503. The summed E-state index contributed by atoms with van der Waals surface area (Å²) in [5.41, 5.74) is 3.44. The molecule has 1 aromatic heterocycles. The monoisotopic (exact) mass is 730 g/mol. The van der Waals surface area contributed by atoms with E-state index in [0.717, 1.165) is 20.6 Å². The van der Waals surface area contributed by atoms with E-state index in [2.05, 4.69) is 36.9 Å². The molecular weight excluding hydrogens is 704 g/mol. The maximum atomic E-state index is 13.5. The quantitative estimate of drug-likeness (QED) is 0.0930. The third-order valence-electron chi connectivity index (χ3n) is 6.62. The molecule has 7 nitrogen and oxygen atoms in total. The van der Waals surface area contributed by atoms with Gasteiger partial charge in [-0.15, -0.1) is 23.1 Å². The highest BCUT2D eigenvalue weighted by atomic mass is 79.9. The van der Waals surface area contributed by atoms with Crippen molar-refractivity contribution >= 4 is 85.2 Å². The summed E-state index contributed by atoms with van der Waals surface area (Å²) in [4.78, 5) is 45.0. The third kappa shape index (κ3) is 9.17. The third-order valence-corrected chi connectivity index (χ3v) is 9.51. The van der Waals surface area contributed by atoms with Crippen molar-refractivity contribution in [3.63, 3.8) is 0 Å². The number of thioether (sulfide) groups is 1. The molecule has 0 saturated carbocycles. The normalized spacial score (nSPS) is 11.8. The SMILES string of the molecule is CCC(Sc1cccc(NC(=O)/C(=C/c2ccc(Cl)cc2)NC(=O)c2ccccc2)c1)C(=O)Nc1nc(-c2ccc(Br)cc2)cs1. The van der Waals surface area contributed by atoms with Crippen molar-refractivity contribution in [3.05, 3.63) is 135 Å². The summed E-state index contributed by atoms with van der Waals surface area (Å²) in [5.74, 6) is -1.08. The van der Waals surface area contributed by atoms with E-state index in [-0.39, 0.29) is 11.6 Å². The standard InChI is InChI=1S/C35H28BrClN4O3S2/c1-2-31(34(44)41-35-40-30(21-45-35)23-13-15-25(36)16-14-23)46-28-10-6-9-27(20-28)38-33(43)29(19-22-11-17-26(37)18-12-22)39-32(42)24-7-4-3-5-8-24/h3-21,31H,2H2,1H3,(H,38,43)(H,39,42)(H,40,41,44)/b29-19-. The molecule has 3 amide bonds. The fourth-order valence-corrected chi connectivity index (χ4v) is 6.40. The van der Waals surface area contributed by atoms with E-state index < -0.39 is 17.1 Å². The Balaban J connectivity index is 1.27. The summed E-state index contributed by atoms with van der Waals surface area (Å²) in [7, 11) is 0. The van der Waals surface area contributed by atoms with Gasteiger partial charge in [0.25, 0.3) is 11.8 Å². The minimum absolute atomic E-state index is 0.0611. The number of amides is 3. The Hall–Kier alpha value is -4.22. The first-order chi connectivity index (χ1) is 22.3. The molecule has 11 heteroatoms. The molecule has 5 aromatic rings. The number of carbonyl (C=O) groups is 3. The molecule has 0 spiro atoms. The molecule has 5 rings (SSSR count). The van der Waals surface area contributed by atoms with Gasteiger partial charge in [0.15, 0.2) is 5.13 Å². The second-order valence-electron chi connectivity index (χ2n) is 9.96. The van der Waals surface area contributed by atoms with Crippen LogP contribution in [0.25, 0.3) is 17.3 Å². The fourth-order valence-electron chi connectivity index (χ4n) is 4.27. The zero-order chi connectivity index (χ0) is 32.5. The molecule has 0 bridgehead atoms. The first-order valence-electron chi connectivity index (χ1n) is 14.2. The summed E-state index contributed by atoms with van der Waals surface area (Å²) in [6, 6.07) is 30.7. The van der Waals surface area contributed by atoms with Crippen LogP contribution in [0, 0.1) is 0 Å². The van der Waals surface area contributed by atoms with Gasteiger partial charge in [-0.25, -0.2) is 4.98 Å². The van der Waals surface area contributed by atoms with Gasteiger partial charge in [0, 0.05) is 36.6 Å². The highest BCUT2D eigenvalue weighted by Gasteiger charge is 2.20. The number of benzene rings is 4. The zero-order valence-corrected chi connectivity index (χ0v) is 28.5. The first-order valence-corrected chi connectivity index (χ1v) is 17.1. The number of thiazole rings is 1. The lowest BCUT2D eigenvalue weighted by molar-refractivity contribution is -0.116. The number of nitrogens with zero attached hydrogens (tertiary/aromatic N) is 1. The van der Waals surface area contributed by atoms with Crippen molar-refractivity contribution in [3.8, 4) is 11.3 Å². The number of aromatic nitrogens is 1. The Bertz CT molecular complexity index is 1860. The Kier molecular flexibility index (Phi) is 11.4. The van der Waals surface area contributed by atoms with E-state index in [4.69, 9.17) is 11.6 Å². The molecule has 3 N–H and O–H groups in total. The van der Waals surface area contributed by atoms with E-state index in [1.54, 1.807) is 72.8 Å². The van der Waals surface area contributed by atoms with E-state index in [9.17, 15) is 14.4 Å². The van der Waals surface area contributed by atoms with Gasteiger partial charge in [-0.2, -0.15) is 0 Å². The summed E-state index contributed by atoms with van der Waals surface area (Å²) < 4.78 is 0.983. The molecule has 0 radical (unpaired) electrons. The van der Waals surface area contributed by atoms with E-state index >= 15 is 0 Å². The molecule has 46 heavy (non-hydrogen) atoms. The van der Waals surface area contributed by atoms with Crippen molar-refractivity contribution in [2.45, 2.75) is 23.5 Å². The Morgan fingerprint density at radius 3 is 2.39 bits per heavy atom. The number of nitrogens with one attached hydrogen (secondary N) is 3. The molecule has 0 aliphatic carbocycles. The van der Waals surface area contributed by atoms with Crippen LogP contribution >= 0.6 is 50.6 Å². The number of rotatable bonds is 11. The molecule has 0 saturated heterocycles. The smallest absolute Gasteiger partial charge is 0.272 e. The number of anilines is 2. The number of halogens is 2. The minimum Gasteiger partial charge on any atom is -0.321 e. The van der Waals surface area contributed by atoms with Gasteiger partial charge in [-0.3, -0.25) is 14.4 Å². The van der Waals surface area contributed by atoms with E-state index in [1.165, 1.54) is 23.1 Å². The van der Waals surface area contributed by atoms with Crippen LogP contribution in [0.1, 0.15) is 29.3 Å². The van der Waals surface area contributed by atoms with Crippen molar-refractivity contribution in [2.24, 2.45) is 0 Å². The Morgan fingerprint density at radius 2 is 1.67 bits per heavy atom. The van der Waals surface area contributed by atoms with Gasteiger partial charge < -0.3 is 16.0 Å². The van der Waals surface area contributed by atoms with Crippen molar-refractivity contribution in [1.82, 2.24) is 10.3 Å². The summed E-state index contributed by atoms with van der Waals surface area (Å²) in [6.07, 6.45) is 2.17. The molecule has 0 aliphatic heterocycles. The highest BCUT2D eigenvalue weighted by molar-refractivity contribution is 9.10. The van der Waals surface area contributed by atoms with Gasteiger partial charge in [0.1, 0.15) is 5.70 Å². The van der Waals surface area contributed by atoms with Gasteiger partial charge in [0.05, 0.1) is 10.9 Å². The zero-order valence-electron chi connectivity index (χ0n) is 24.5. The fraction of sp³-hybridized carbons (Fsp3) is 0.0857. The number of carbonyl (C=O) groups excluding carboxylic acids is 3. The predicted octanol–water partition coefficient (Wildman–Crippen LogP) is 9.14. The van der Waals surface area contributed by atoms with Crippen LogP contribution in [0.5, 0.6) is 0 Å². The summed E-state index contributed by atoms with van der Waals surface area (Å²) in [6.45, 7) is 1.95. The number of hydrogen-bond donors (Lipinski definition) is 3. The molecular formula is C35H28BrClN4O3S2. The van der Waals surface area contributed by atoms with Crippen LogP contribution in [0.15, 0.2) is 124 Å². The van der Waals surface area contributed by atoms with Gasteiger partial charge in [-0.05, 0) is 72.7 Å². The summed E-state index contributed by atoms with van der Waals surface area (Å²) >= 11 is 12.2. The van der Waals surface area contributed by atoms with Gasteiger partial charge in [-0.1, -0.05) is 83.0 Å². The van der Waals surface area contributed by atoms with E-state index in [0.29, 0.717) is 33.4 Å².